The molecule has 1 aromatic heterocycles. The maximum atomic E-state index is 11.8. The van der Waals surface area contributed by atoms with Gasteiger partial charge in [-0.1, -0.05) is 18.2 Å². The van der Waals surface area contributed by atoms with E-state index in [2.05, 4.69) is 4.98 Å². The van der Waals surface area contributed by atoms with Gasteiger partial charge in [-0.2, -0.15) is 0 Å². The van der Waals surface area contributed by atoms with Crippen molar-refractivity contribution in [3.8, 4) is 0 Å². The number of carbonyl (C=O) groups excluding carboxylic acids is 1. The molecule has 0 fully saturated rings. The molecule has 0 aliphatic carbocycles. The molecule has 0 aliphatic heterocycles. The van der Waals surface area contributed by atoms with Crippen molar-refractivity contribution >= 4 is 5.97 Å². The molecule has 3 heteroatoms. The number of esters is 1. The van der Waals surface area contributed by atoms with Crippen LogP contribution in [-0.2, 0) is 4.74 Å². The molecule has 0 saturated carbocycles. The zero-order valence-corrected chi connectivity index (χ0v) is 9.54. The molecule has 0 spiro atoms. The first-order valence-electron chi connectivity index (χ1n) is 5.43. The largest absolute Gasteiger partial charge is 0.454 e. The Hall–Kier alpha value is -2.16. The molecule has 86 valence electrons. The van der Waals surface area contributed by atoms with E-state index in [0.29, 0.717) is 5.56 Å². The van der Waals surface area contributed by atoms with E-state index in [-0.39, 0.29) is 12.1 Å². The zero-order chi connectivity index (χ0) is 12.1. The topological polar surface area (TPSA) is 39.2 Å². The Morgan fingerprint density at radius 1 is 1.12 bits per heavy atom. The second-order valence-electron chi connectivity index (χ2n) is 3.69. The van der Waals surface area contributed by atoms with Crippen molar-refractivity contribution < 1.29 is 9.53 Å². The summed E-state index contributed by atoms with van der Waals surface area (Å²) in [6.45, 7) is 1.84. The van der Waals surface area contributed by atoms with Gasteiger partial charge in [-0.25, -0.2) is 4.79 Å². The third kappa shape index (κ3) is 2.91. The van der Waals surface area contributed by atoms with Gasteiger partial charge in [0, 0.05) is 12.4 Å². The van der Waals surface area contributed by atoms with E-state index >= 15 is 0 Å². The maximum absolute atomic E-state index is 11.8. The maximum Gasteiger partial charge on any atom is 0.338 e. The van der Waals surface area contributed by atoms with Gasteiger partial charge in [0.15, 0.2) is 0 Å². The zero-order valence-electron chi connectivity index (χ0n) is 9.54. The summed E-state index contributed by atoms with van der Waals surface area (Å²) in [5.41, 5.74) is 1.50. The van der Waals surface area contributed by atoms with Gasteiger partial charge in [-0.3, -0.25) is 4.98 Å². The highest BCUT2D eigenvalue weighted by molar-refractivity contribution is 5.89. The van der Waals surface area contributed by atoms with E-state index in [1.54, 1.807) is 24.5 Å². The normalized spacial score (nSPS) is 11.8. The van der Waals surface area contributed by atoms with E-state index in [1.165, 1.54) is 0 Å². The Bertz CT molecular complexity index is 482. The molecule has 1 heterocycles. The fraction of sp³-hybridized carbons (Fsp3) is 0.143. The van der Waals surface area contributed by atoms with Gasteiger partial charge >= 0.3 is 5.97 Å². The van der Waals surface area contributed by atoms with E-state index in [0.717, 1.165) is 5.56 Å². The highest BCUT2D eigenvalue weighted by Crippen LogP contribution is 2.17. The van der Waals surface area contributed by atoms with Crippen LogP contribution < -0.4 is 0 Å². The minimum Gasteiger partial charge on any atom is -0.454 e. The van der Waals surface area contributed by atoms with Crippen molar-refractivity contribution in [2.75, 3.05) is 0 Å². The molecule has 0 saturated heterocycles. The van der Waals surface area contributed by atoms with Crippen molar-refractivity contribution in [3.05, 3.63) is 66.0 Å². The molecule has 3 nitrogen and oxygen atoms in total. The van der Waals surface area contributed by atoms with Crippen LogP contribution in [0.4, 0.5) is 0 Å². The molecule has 0 aliphatic rings. The molecular formula is C14H13NO2. The Labute approximate surface area is 100 Å². The number of benzene rings is 1. The number of pyridine rings is 1. The highest BCUT2D eigenvalue weighted by atomic mass is 16.5. The highest BCUT2D eigenvalue weighted by Gasteiger charge is 2.12. The minimum atomic E-state index is -0.310. The fourth-order valence-electron chi connectivity index (χ4n) is 1.51. The lowest BCUT2D eigenvalue weighted by Gasteiger charge is -2.13. The Balaban J connectivity index is 2.05. The number of aromatic nitrogens is 1. The predicted octanol–water partition coefficient (Wildman–Crippen LogP) is 3.00. The van der Waals surface area contributed by atoms with Crippen LogP contribution in [0, 0.1) is 0 Å². The van der Waals surface area contributed by atoms with Gasteiger partial charge < -0.3 is 4.74 Å². The summed E-state index contributed by atoms with van der Waals surface area (Å²) in [5, 5.41) is 0. The van der Waals surface area contributed by atoms with Crippen LogP contribution >= 0.6 is 0 Å². The Morgan fingerprint density at radius 3 is 2.41 bits per heavy atom. The third-order valence-electron chi connectivity index (χ3n) is 2.47. The summed E-state index contributed by atoms with van der Waals surface area (Å²) in [4.78, 5) is 15.7. The Kier molecular flexibility index (Phi) is 3.50. The lowest BCUT2D eigenvalue weighted by Crippen LogP contribution is -2.09. The third-order valence-corrected chi connectivity index (χ3v) is 2.47. The standard InChI is InChI=1S/C14H13NO2/c1-11(12-7-9-15-10-8-12)17-14(16)13-5-3-2-4-6-13/h2-11H,1H3/t11-/m1/s1. The van der Waals surface area contributed by atoms with Crippen molar-refractivity contribution in [2.45, 2.75) is 13.0 Å². The average molecular weight is 227 g/mol. The number of carbonyl (C=O) groups is 1. The molecule has 0 amide bonds. The van der Waals surface area contributed by atoms with Crippen LogP contribution in [-0.4, -0.2) is 11.0 Å². The first-order valence-corrected chi connectivity index (χ1v) is 5.43. The predicted molar refractivity (Wildman–Crippen MR) is 64.5 cm³/mol. The summed E-state index contributed by atoms with van der Waals surface area (Å²) in [6, 6.07) is 12.6. The van der Waals surface area contributed by atoms with E-state index in [9.17, 15) is 4.79 Å². The lowest BCUT2D eigenvalue weighted by molar-refractivity contribution is 0.0337. The number of nitrogens with zero attached hydrogens (tertiary/aromatic N) is 1. The molecule has 2 rings (SSSR count). The number of ether oxygens (including phenoxy) is 1. The minimum absolute atomic E-state index is 0.272. The van der Waals surface area contributed by atoms with E-state index in [1.807, 2.05) is 37.3 Å². The number of hydrogen-bond donors (Lipinski definition) is 0. The van der Waals surface area contributed by atoms with Gasteiger partial charge in [0.25, 0.3) is 0 Å². The molecule has 0 unspecified atom stereocenters. The first kappa shape index (κ1) is 11.3. The van der Waals surface area contributed by atoms with Crippen LogP contribution in [0.3, 0.4) is 0 Å². The number of hydrogen-bond acceptors (Lipinski definition) is 3. The molecule has 1 aromatic carbocycles. The Morgan fingerprint density at radius 2 is 1.76 bits per heavy atom. The second kappa shape index (κ2) is 5.25. The quantitative estimate of drug-likeness (QED) is 0.757. The van der Waals surface area contributed by atoms with Crippen molar-refractivity contribution in [1.82, 2.24) is 4.98 Å². The fourth-order valence-corrected chi connectivity index (χ4v) is 1.51. The summed E-state index contributed by atoms with van der Waals surface area (Å²) in [6.07, 6.45) is 3.09. The van der Waals surface area contributed by atoms with Gasteiger partial charge in [-0.15, -0.1) is 0 Å². The summed E-state index contributed by atoms with van der Waals surface area (Å²) in [7, 11) is 0. The smallest absolute Gasteiger partial charge is 0.338 e. The molecule has 0 N–H and O–H groups in total. The van der Waals surface area contributed by atoms with Crippen LogP contribution in [0.25, 0.3) is 0 Å². The van der Waals surface area contributed by atoms with Crippen LogP contribution in [0.1, 0.15) is 28.9 Å². The van der Waals surface area contributed by atoms with Crippen LogP contribution in [0.2, 0.25) is 0 Å². The van der Waals surface area contributed by atoms with Crippen LogP contribution in [0.5, 0.6) is 0 Å². The molecule has 17 heavy (non-hydrogen) atoms. The first-order chi connectivity index (χ1) is 8.27. The number of rotatable bonds is 3. The molecule has 2 aromatic rings. The van der Waals surface area contributed by atoms with E-state index < -0.39 is 0 Å². The van der Waals surface area contributed by atoms with Crippen molar-refractivity contribution in [2.24, 2.45) is 0 Å². The summed E-state index contributed by atoms with van der Waals surface area (Å²) in [5.74, 6) is -0.310. The SMILES string of the molecule is C[C@@H](OC(=O)c1ccccc1)c1ccncc1. The van der Waals surface area contributed by atoms with Gasteiger partial charge in [0.05, 0.1) is 5.56 Å². The summed E-state index contributed by atoms with van der Waals surface area (Å²) < 4.78 is 5.36. The molecule has 1 atom stereocenters. The summed E-state index contributed by atoms with van der Waals surface area (Å²) >= 11 is 0. The van der Waals surface area contributed by atoms with Crippen molar-refractivity contribution in [1.29, 1.82) is 0 Å². The van der Waals surface area contributed by atoms with Gasteiger partial charge in [-0.05, 0) is 36.8 Å². The molecule has 0 bridgehead atoms. The van der Waals surface area contributed by atoms with E-state index in [4.69, 9.17) is 4.74 Å². The molecular weight excluding hydrogens is 214 g/mol. The van der Waals surface area contributed by atoms with Gasteiger partial charge in [0.1, 0.15) is 6.10 Å². The monoisotopic (exact) mass is 227 g/mol. The van der Waals surface area contributed by atoms with Crippen molar-refractivity contribution in [3.63, 3.8) is 0 Å². The van der Waals surface area contributed by atoms with Gasteiger partial charge in [0.2, 0.25) is 0 Å². The lowest BCUT2D eigenvalue weighted by atomic mass is 10.1. The second-order valence-corrected chi connectivity index (χ2v) is 3.69. The average Bonchev–Trinajstić information content (AvgIpc) is 2.40. The van der Waals surface area contributed by atoms with Crippen LogP contribution in [0.15, 0.2) is 54.9 Å². The molecule has 0 radical (unpaired) electrons.